The Morgan fingerprint density at radius 3 is 2.38 bits per heavy atom. The molecule has 1 aliphatic rings. The lowest BCUT2D eigenvalue weighted by atomic mass is 9.83. The quantitative estimate of drug-likeness (QED) is 0.339. The Balaban J connectivity index is 0.000000351. The molecule has 0 amide bonds. The number of nitriles is 1. The largest absolute Gasteiger partial charge is 0.489 e. The zero-order chi connectivity index (χ0) is 22.0. The van der Waals surface area contributed by atoms with Crippen LogP contribution >= 0.6 is 0 Å². The van der Waals surface area contributed by atoms with Crippen LogP contribution in [0.1, 0.15) is 24.0 Å². The maximum absolute atomic E-state index is 12.9. The number of ether oxygens (including phenoxy) is 1. The van der Waals surface area contributed by atoms with Gasteiger partial charge in [0.2, 0.25) is 0 Å². The Labute approximate surface area is 166 Å². The number of benzene rings is 1. The zero-order valence-electron chi connectivity index (χ0n) is 15.6. The van der Waals surface area contributed by atoms with Crippen LogP contribution in [0.5, 0.6) is 5.75 Å². The van der Waals surface area contributed by atoms with Crippen molar-refractivity contribution >= 4 is 5.82 Å². The van der Waals surface area contributed by atoms with Crippen molar-refractivity contribution in [3.63, 3.8) is 0 Å². The highest BCUT2D eigenvalue weighted by atomic mass is 19.4. The number of rotatable bonds is 3. The van der Waals surface area contributed by atoms with E-state index in [1.165, 1.54) is 18.3 Å². The molecule has 1 aromatic heterocycles. The molecule has 1 aromatic carbocycles. The van der Waals surface area contributed by atoms with E-state index < -0.39 is 17.6 Å². The lowest BCUT2D eigenvalue weighted by Gasteiger charge is -2.31. The Morgan fingerprint density at radius 1 is 1.28 bits per heavy atom. The summed E-state index contributed by atoms with van der Waals surface area (Å²) in [5.41, 5.74) is 1.84. The number of halogens is 4. The average molecular weight is 408 g/mol. The molecule has 0 atom stereocenters. The van der Waals surface area contributed by atoms with Crippen LogP contribution < -0.4 is 16.0 Å². The topological polar surface area (TPSA) is 84.0 Å². The molecule has 5 nitrogen and oxygen atoms in total. The number of aromatic nitrogens is 1. The van der Waals surface area contributed by atoms with Gasteiger partial charge in [0.25, 0.3) is 0 Å². The number of anilines is 1. The van der Waals surface area contributed by atoms with Gasteiger partial charge in [-0.1, -0.05) is 12.1 Å². The van der Waals surface area contributed by atoms with E-state index in [4.69, 9.17) is 15.8 Å². The predicted molar refractivity (Wildman–Crippen MR) is 101 cm³/mol. The molecule has 0 saturated heterocycles. The fourth-order valence-electron chi connectivity index (χ4n) is 2.48. The molecular weight excluding hydrogens is 388 g/mol. The summed E-state index contributed by atoms with van der Waals surface area (Å²) >= 11 is 0. The third-order valence-corrected chi connectivity index (χ3v) is 3.88. The number of hydrogen-bond donors (Lipinski definition) is 2. The summed E-state index contributed by atoms with van der Waals surface area (Å²) in [6.45, 7) is 1.86. The summed E-state index contributed by atoms with van der Waals surface area (Å²) in [5.74, 6) is 3.91. The van der Waals surface area contributed by atoms with Gasteiger partial charge < -0.3 is 10.2 Å². The Morgan fingerprint density at radius 2 is 1.93 bits per heavy atom. The minimum absolute atomic E-state index is 0.145. The highest BCUT2D eigenvalue weighted by Gasteiger charge is 2.40. The van der Waals surface area contributed by atoms with Crippen LogP contribution in [0, 0.1) is 42.8 Å². The minimum atomic E-state index is -4.62. The summed E-state index contributed by atoms with van der Waals surface area (Å²) in [6, 6.07) is 9.68. The molecule has 1 aliphatic carbocycles. The van der Waals surface area contributed by atoms with E-state index in [0.29, 0.717) is 12.8 Å². The van der Waals surface area contributed by atoms with E-state index in [-0.39, 0.29) is 23.6 Å². The summed E-state index contributed by atoms with van der Waals surface area (Å²) in [7, 11) is 0. The summed E-state index contributed by atoms with van der Waals surface area (Å²) in [4.78, 5) is 3.52. The van der Waals surface area contributed by atoms with Crippen molar-refractivity contribution in [3.8, 4) is 24.7 Å². The van der Waals surface area contributed by atoms with Crippen LogP contribution in [0.25, 0.3) is 0 Å². The molecular formula is C20H20F4N4O. The summed E-state index contributed by atoms with van der Waals surface area (Å²) < 4.78 is 56.3. The van der Waals surface area contributed by atoms with Crippen molar-refractivity contribution in [1.82, 2.24) is 4.98 Å². The molecule has 0 aliphatic heterocycles. The van der Waals surface area contributed by atoms with Gasteiger partial charge in [-0.15, -0.1) is 12.8 Å². The monoisotopic (exact) mass is 408 g/mol. The Bertz CT molecular complexity index is 838. The molecule has 3 rings (SSSR count). The van der Waals surface area contributed by atoms with Crippen LogP contribution in [-0.4, -0.2) is 11.1 Å². The normalized spacial score (nSPS) is 17.2. The maximum Gasteiger partial charge on any atom is 0.423 e. The van der Waals surface area contributed by atoms with Gasteiger partial charge in [-0.05, 0) is 30.7 Å². The molecule has 1 fully saturated rings. The van der Waals surface area contributed by atoms with Gasteiger partial charge >= 0.3 is 6.18 Å². The van der Waals surface area contributed by atoms with Gasteiger partial charge in [-0.25, -0.2) is 15.2 Å². The number of pyridine rings is 1. The standard InChI is InChI=1S/C11H11F3N4O.C7H7F.C2H2/c12-11(13,14)9-8(1-2-17-10(9)18-16)19-7-3-6(4-7)5-15;1-6-3-2-4-7(8)5-6;1-2/h1-2,6-7H,3-4,16H2,(H,17,18);2-5H,1H3;1-2H. The summed E-state index contributed by atoms with van der Waals surface area (Å²) in [6.07, 6.45) is 5.05. The highest BCUT2D eigenvalue weighted by Crippen LogP contribution is 2.42. The molecule has 0 spiro atoms. The first-order valence-corrected chi connectivity index (χ1v) is 8.39. The average Bonchev–Trinajstić information content (AvgIpc) is 2.65. The van der Waals surface area contributed by atoms with Crippen molar-refractivity contribution < 1.29 is 22.3 Å². The van der Waals surface area contributed by atoms with Crippen molar-refractivity contribution in [2.75, 3.05) is 5.43 Å². The predicted octanol–water partition coefficient (Wildman–Crippen LogP) is 4.45. The number of nitrogens with zero attached hydrogens (tertiary/aromatic N) is 2. The van der Waals surface area contributed by atoms with E-state index in [1.807, 2.05) is 24.5 Å². The van der Waals surface area contributed by atoms with Gasteiger partial charge in [0.15, 0.2) is 5.82 Å². The molecule has 0 radical (unpaired) electrons. The number of hydrazine groups is 1. The maximum atomic E-state index is 12.9. The number of alkyl halides is 3. The number of hydrogen-bond acceptors (Lipinski definition) is 5. The Kier molecular flexibility index (Phi) is 8.91. The van der Waals surface area contributed by atoms with E-state index >= 15 is 0 Å². The van der Waals surface area contributed by atoms with Gasteiger partial charge in [-0.3, -0.25) is 0 Å². The fraction of sp³-hybridized carbons (Fsp3) is 0.300. The van der Waals surface area contributed by atoms with E-state index in [2.05, 4.69) is 17.8 Å². The first-order valence-electron chi connectivity index (χ1n) is 8.39. The number of nitrogen functional groups attached to an aromatic ring is 1. The summed E-state index contributed by atoms with van der Waals surface area (Å²) in [5, 5.41) is 8.61. The second-order valence-corrected chi connectivity index (χ2v) is 6.01. The van der Waals surface area contributed by atoms with E-state index in [9.17, 15) is 17.6 Å². The molecule has 2 aromatic rings. The van der Waals surface area contributed by atoms with Gasteiger partial charge in [0.1, 0.15) is 23.2 Å². The van der Waals surface area contributed by atoms with E-state index in [0.717, 1.165) is 11.6 Å². The van der Waals surface area contributed by atoms with Crippen LogP contribution in [0.2, 0.25) is 0 Å². The van der Waals surface area contributed by atoms with Crippen LogP contribution in [-0.2, 0) is 6.18 Å². The molecule has 9 heteroatoms. The molecule has 29 heavy (non-hydrogen) atoms. The third kappa shape index (κ3) is 6.98. The molecule has 1 saturated carbocycles. The lowest BCUT2D eigenvalue weighted by Crippen LogP contribution is -2.33. The van der Waals surface area contributed by atoms with Crippen LogP contribution in [0.4, 0.5) is 23.4 Å². The molecule has 154 valence electrons. The van der Waals surface area contributed by atoms with Crippen molar-refractivity contribution in [3.05, 3.63) is 53.5 Å². The minimum Gasteiger partial charge on any atom is -0.489 e. The number of aryl methyl sites for hydroxylation is 1. The first kappa shape index (κ1) is 23.7. The van der Waals surface area contributed by atoms with E-state index in [1.54, 1.807) is 6.07 Å². The zero-order valence-corrected chi connectivity index (χ0v) is 15.6. The van der Waals surface area contributed by atoms with Crippen molar-refractivity contribution in [2.24, 2.45) is 11.8 Å². The highest BCUT2D eigenvalue weighted by molar-refractivity contribution is 5.52. The Hall–Kier alpha value is -3.30. The molecule has 1 heterocycles. The smallest absolute Gasteiger partial charge is 0.423 e. The van der Waals surface area contributed by atoms with Gasteiger partial charge in [0, 0.05) is 19.0 Å². The SMILES string of the molecule is C#C.Cc1cccc(F)c1.N#CC1CC(Oc2ccnc(NN)c2C(F)(F)F)C1. The van der Waals surface area contributed by atoms with Gasteiger partial charge in [0.05, 0.1) is 12.0 Å². The second-order valence-electron chi connectivity index (χ2n) is 6.01. The molecule has 3 N–H and O–H groups in total. The second kappa shape index (κ2) is 10.9. The lowest BCUT2D eigenvalue weighted by molar-refractivity contribution is -0.139. The molecule has 0 unspecified atom stereocenters. The number of nitrogens with one attached hydrogen (secondary N) is 1. The third-order valence-electron chi connectivity index (χ3n) is 3.88. The molecule has 0 bridgehead atoms. The van der Waals surface area contributed by atoms with Crippen LogP contribution in [0.15, 0.2) is 36.5 Å². The first-order chi connectivity index (χ1) is 13.7. The fourth-order valence-corrected chi connectivity index (χ4v) is 2.48. The number of terminal acetylenes is 1. The van der Waals surface area contributed by atoms with Crippen LogP contribution in [0.3, 0.4) is 0 Å². The van der Waals surface area contributed by atoms with Crippen molar-refractivity contribution in [1.29, 1.82) is 5.26 Å². The van der Waals surface area contributed by atoms with Crippen molar-refractivity contribution in [2.45, 2.75) is 32.0 Å². The van der Waals surface area contributed by atoms with Gasteiger partial charge in [-0.2, -0.15) is 18.4 Å². The number of nitrogens with two attached hydrogens (primary N) is 1.